The van der Waals surface area contributed by atoms with Crippen molar-refractivity contribution in [3.05, 3.63) is 71.8 Å². The van der Waals surface area contributed by atoms with Crippen molar-refractivity contribution in [2.45, 2.75) is 19.5 Å². The molecule has 0 atom stereocenters. The minimum absolute atomic E-state index is 0.376. The van der Waals surface area contributed by atoms with Gasteiger partial charge in [0.05, 0.1) is 11.1 Å². The van der Waals surface area contributed by atoms with E-state index in [4.69, 9.17) is 0 Å². The van der Waals surface area contributed by atoms with Crippen LogP contribution in [0.5, 0.6) is 0 Å². The number of hydrogen-bond acceptors (Lipinski definition) is 3. The van der Waals surface area contributed by atoms with Crippen molar-refractivity contribution < 1.29 is 18.0 Å². The lowest BCUT2D eigenvalue weighted by Crippen LogP contribution is -2.07. The van der Waals surface area contributed by atoms with Gasteiger partial charge in [-0.1, -0.05) is 19.1 Å². The van der Waals surface area contributed by atoms with Gasteiger partial charge in [-0.15, -0.1) is 0 Å². The van der Waals surface area contributed by atoms with E-state index in [9.17, 15) is 18.0 Å². The minimum atomic E-state index is -4.38. The third-order valence-electron chi connectivity index (χ3n) is 4.18. The number of halogens is 3. The van der Waals surface area contributed by atoms with Crippen LogP contribution in [0.3, 0.4) is 0 Å². The molecular formula is C22H20F3N3O. The molecule has 29 heavy (non-hydrogen) atoms. The monoisotopic (exact) mass is 399 g/mol. The van der Waals surface area contributed by atoms with E-state index >= 15 is 0 Å². The molecule has 0 bridgehead atoms. The van der Waals surface area contributed by atoms with Crippen molar-refractivity contribution >= 4 is 34.4 Å². The van der Waals surface area contributed by atoms with Crippen molar-refractivity contribution in [3.63, 3.8) is 0 Å². The maximum Gasteiger partial charge on any atom is 0.416 e. The van der Waals surface area contributed by atoms with Crippen LogP contribution in [0.2, 0.25) is 0 Å². The van der Waals surface area contributed by atoms with Crippen LogP contribution >= 0.6 is 0 Å². The SMILES string of the molecule is CCCNc1ccc2cc(NC(=O)C=Cc3ccc(C(F)(F)F)cc3)ccc2n1. The van der Waals surface area contributed by atoms with E-state index < -0.39 is 11.7 Å². The maximum absolute atomic E-state index is 12.6. The molecule has 0 aliphatic heterocycles. The van der Waals surface area contributed by atoms with Crippen LogP contribution in [0, 0.1) is 0 Å². The molecule has 3 aromatic rings. The predicted molar refractivity (Wildman–Crippen MR) is 110 cm³/mol. The molecule has 0 aliphatic carbocycles. The number of nitrogens with one attached hydrogen (secondary N) is 2. The quantitative estimate of drug-likeness (QED) is 0.521. The highest BCUT2D eigenvalue weighted by atomic mass is 19.4. The maximum atomic E-state index is 12.6. The molecule has 4 nitrogen and oxygen atoms in total. The standard InChI is InChI=1S/C22H20F3N3O/c1-2-13-26-20-11-6-16-14-18(9-10-19(16)28-20)27-21(29)12-5-15-3-7-17(8-4-15)22(23,24)25/h3-12,14H,2,13H2,1H3,(H,26,28)(H,27,29). The summed E-state index contributed by atoms with van der Waals surface area (Å²) in [6, 6.07) is 13.8. The Kier molecular flexibility index (Phi) is 6.16. The predicted octanol–water partition coefficient (Wildman–Crippen LogP) is 5.73. The molecule has 0 spiro atoms. The molecule has 2 N–H and O–H groups in total. The van der Waals surface area contributed by atoms with Gasteiger partial charge in [0, 0.05) is 23.7 Å². The van der Waals surface area contributed by atoms with Crippen molar-refractivity contribution in [1.82, 2.24) is 4.98 Å². The van der Waals surface area contributed by atoms with Crippen molar-refractivity contribution in [3.8, 4) is 0 Å². The summed E-state index contributed by atoms with van der Waals surface area (Å²) in [6.45, 7) is 2.92. The van der Waals surface area contributed by atoms with E-state index in [1.165, 1.54) is 24.3 Å². The van der Waals surface area contributed by atoms with E-state index in [2.05, 4.69) is 22.5 Å². The molecule has 7 heteroatoms. The van der Waals surface area contributed by atoms with Gasteiger partial charge in [-0.3, -0.25) is 4.79 Å². The lowest BCUT2D eigenvalue weighted by Gasteiger charge is -2.07. The van der Waals surface area contributed by atoms with E-state index in [1.54, 1.807) is 6.07 Å². The number of carbonyl (C=O) groups excluding carboxylic acids is 1. The highest BCUT2D eigenvalue weighted by Crippen LogP contribution is 2.29. The van der Waals surface area contributed by atoms with Crippen LogP contribution in [-0.4, -0.2) is 17.4 Å². The fraction of sp³-hybridized carbons (Fsp3) is 0.182. The molecule has 1 heterocycles. The second-order valence-electron chi connectivity index (χ2n) is 6.47. The Bertz CT molecular complexity index is 1030. The number of carbonyl (C=O) groups is 1. The summed E-state index contributed by atoms with van der Waals surface area (Å²) in [5.74, 6) is 0.425. The zero-order chi connectivity index (χ0) is 20.9. The molecule has 2 aromatic carbocycles. The zero-order valence-electron chi connectivity index (χ0n) is 15.8. The second kappa shape index (κ2) is 8.77. The molecule has 1 aromatic heterocycles. The van der Waals surface area contributed by atoms with Gasteiger partial charge in [-0.2, -0.15) is 13.2 Å². The average molecular weight is 399 g/mol. The van der Waals surface area contributed by atoms with E-state index in [0.29, 0.717) is 11.3 Å². The molecule has 0 aliphatic rings. The Balaban J connectivity index is 1.65. The number of aromatic nitrogens is 1. The Morgan fingerprint density at radius 3 is 2.52 bits per heavy atom. The normalized spacial score (nSPS) is 11.7. The van der Waals surface area contributed by atoms with Crippen LogP contribution in [0.1, 0.15) is 24.5 Å². The molecule has 0 unspecified atom stereocenters. The largest absolute Gasteiger partial charge is 0.416 e. The first-order valence-electron chi connectivity index (χ1n) is 9.16. The number of rotatable bonds is 6. The number of alkyl halides is 3. The second-order valence-corrected chi connectivity index (χ2v) is 6.47. The highest BCUT2D eigenvalue weighted by molar-refractivity contribution is 6.03. The molecule has 0 fully saturated rings. The summed E-state index contributed by atoms with van der Waals surface area (Å²) in [6.07, 6.45) is -0.630. The number of pyridine rings is 1. The van der Waals surface area contributed by atoms with Gasteiger partial charge in [-0.05, 0) is 60.5 Å². The van der Waals surface area contributed by atoms with E-state index in [1.807, 2.05) is 24.3 Å². The van der Waals surface area contributed by atoms with Crippen molar-refractivity contribution in [2.75, 3.05) is 17.2 Å². The minimum Gasteiger partial charge on any atom is -0.370 e. The number of amides is 1. The topological polar surface area (TPSA) is 54.0 Å². The summed E-state index contributed by atoms with van der Waals surface area (Å²) < 4.78 is 37.7. The first-order chi connectivity index (χ1) is 13.8. The van der Waals surface area contributed by atoms with Gasteiger partial charge in [0.1, 0.15) is 5.82 Å². The Morgan fingerprint density at radius 2 is 1.83 bits per heavy atom. The zero-order valence-corrected chi connectivity index (χ0v) is 15.8. The molecule has 0 saturated heterocycles. The lowest BCUT2D eigenvalue weighted by molar-refractivity contribution is -0.137. The van der Waals surface area contributed by atoms with Gasteiger partial charge in [-0.25, -0.2) is 4.98 Å². The van der Waals surface area contributed by atoms with Crippen LogP contribution in [0.15, 0.2) is 60.7 Å². The number of hydrogen-bond donors (Lipinski definition) is 2. The Hall–Kier alpha value is -3.35. The van der Waals surface area contributed by atoms with Crippen LogP contribution in [0.25, 0.3) is 17.0 Å². The van der Waals surface area contributed by atoms with Gasteiger partial charge in [0.15, 0.2) is 0 Å². The molecule has 3 rings (SSSR count). The van der Waals surface area contributed by atoms with Crippen LogP contribution < -0.4 is 10.6 Å². The first-order valence-corrected chi connectivity index (χ1v) is 9.16. The first kappa shape index (κ1) is 20.4. The summed E-state index contributed by atoms with van der Waals surface area (Å²) >= 11 is 0. The lowest BCUT2D eigenvalue weighted by atomic mass is 10.1. The van der Waals surface area contributed by atoms with Crippen LogP contribution in [0.4, 0.5) is 24.7 Å². The summed E-state index contributed by atoms with van der Waals surface area (Å²) in [5, 5.41) is 6.85. The van der Waals surface area contributed by atoms with Crippen LogP contribution in [-0.2, 0) is 11.0 Å². The smallest absolute Gasteiger partial charge is 0.370 e. The molecule has 1 amide bonds. The summed E-state index contributed by atoms with van der Waals surface area (Å²) in [5.41, 5.74) is 1.19. The fourth-order valence-corrected chi connectivity index (χ4v) is 2.69. The number of nitrogens with zero attached hydrogens (tertiary/aromatic N) is 1. The van der Waals surface area contributed by atoms with Crippen molar-refractivity contribution in [1.29, 1.82) is 0 Å². The van der Waals surface area contributed by atoms with E-state index in [-0.39, 0.29) is 5.91 Å². The third-order valence-corrected chi connectivity index (χ3v) is 4.18. The fourth-order valence-electron chi connectivity index (χ4n) is 2.69. The summed E-state index contributed by atoms with van der Waals surface area (Å²) in [7, 11) is 0. The highest BCUT2D eigenvalue weighted by Gasteiger charge is 2.29. The average Bonchev–Trinajstić information content (AvgIpc) is 2.70. The van der Waals surface area contributed by atoms with Gasteiger partial charge >= 0.3 is 6.18 Å². The van der Waals surface area contributed by atoms with Gasteiger partial charge in [0.25, 0.3) is 0 Å². The van der Waals surface area contributed by atoms with Gasteiger partial charge < -0.3 is 10.6 Å². The molecule has 150 valence electrons. The molecular weight excluding hydrogens is 379 g/mol. The summed E-state index contributed by atoms with van der Waals surface area (Å²) in [4.78, 5) is 16.6. The number of benzene rings is 2. The Labute approximate surface area is 166 Å². The van der Waals surface area contributed by atoms with E-state index in [0.717, 1.165) is 41.8 Å². The number of fused-ring (bicyclic) bond motifs is 1. The number of anilines is 2. The third kappa shape index (κ3) is 5.57. The molecule has 0 saturated carbocycles. The Morgan fingerprint density at radius 1 is 1.07 bits per heavy atom. The van der Waals surface area contributed by atoms with Crippen molar-refractivity contribution in [2.24, 2.45) is 0 Å². The molecule has 0 radical (unpaired) electrons. The van der Waals surface area contributed by atoms with Gasteiger partial charge in [0.2, 0.25) is 5.91 Å².